The molecule has 1 aromatic heterocycles. The van der Waals surface area contributed by atoms with Crippen LogP contribution in [0.3, 0.4) is 0 Å². The molecule has 0 amide bonds. The average Bonchev–Trinajstić information content (AvgIpc) is 2.62. The number of nitrogens with one attached hydrogen (secondary N) is 2. The normalized spacial score (nSPS) is 11.2. The Morgan fingerprint density at radius 2 is 1.95 bits per heavy atom. The highest BCUT2D eigenvalue weighted by molar-refractivity contribution is 14.0. The smallest absolute Gasteiger partial charge is 0.191 e. The van der Waals surface area contributed by atoms with Gasteiger partial charge in [0, 0.05) is 32.4 Å². The van der Waals surface area contributed by atoms with E-state index in [1.165, 1.54) is 11.3 Å². The highest BCUT2D eigenvalue weighted by Gasteiger charge is 2.08. The van der Waals surface area contributed by atoms with Crippen LogP contribution in [0, 0.1) is 13.8 Å². The summed E-state index contributed by atoms with van der Waals surface area (Å²) < 4.78 is 1.95. The molecule has 20 heavy (non-hydrogen) atoms. The maximum Gasteiger partial charge on any atom is 0.191 e. The maximum atomic E-state index is 4.49. The Balaban J connectivity index is 0.00000361. The fourth-order valence-electron chi connectivity index (χ4n) is 2.05. The lowest BCUT2D eigenvalue weighted by Crippen LogP contribution is -2.38. The number of hydrogen-bond donors (Lipinski definition) is 2. The summed E-state index contributed by atoms with van der Waals surface area (Å²) in [5, 5.41) is 11.1. The first-order valence-electron chi connectivity index (χ1n) is 7.11. The largest absolute Gasteiger partial charge is 0.357 e. The van der Waals surface area contributed by atoms with Crippen LogP contribution in [0.1, 0.15) is 37.2 Å². The van der Waals surface area contributed by atoms with E-state index in [0.29, 0.717) is 0 Å². The fourth-order valence-corrected chi connectivity index (χ4v) is 2.05. The van der Waals surface area contributed by atoms with E-state index < -0.39 is 0 Å². The molecule has 0 aliphatic rings. The van der Waals surface area contributed by atoms with Crippen LogP contribution in [-0.4, -0.2) is 35.4 Å². The lowest BCUT2D eigenvalue weighted by Gasteiger charge is -2.11. The third kappa shape index (κ3) is 5.68. The van der Waals surface area contributed by atoms with Gasteiger partial charge < -0.3 is 10.6 Å². The van der Waals surface area contributed by atoms with Gasteiger partial charge in [0.25, 0.3) is 0 Å². The van der Waals surface area contributed by atoms with Gasteiger partial charge in [0.2, 0.25) is 0 Å². The zero-order chi connectivity index (χ0) is 14.3. The molecule has 0 radical (unpaired) electrons. The predicted molar refractivity (Wildman–Crippen MR) is 96.1 cm³/mol. The lowest BCUT2D eigenvalue weighted by molar-refractivity contribution is 0.729. The number of aryl methyl sites for hydroxylation is 2. The van der Waals surface area contributed by atoms with Crippen LogP contribution in [0.5, 0.6) is 0 Å². The predicted octanol–water partition coefficient (Wildman–Crippen LogP) is 2.16. The van der Waals surface area contributed by atoms with E-state index in [1.807, 2.05) is 11.7 Å². The van der Waals surface area contributed by atoms with Crippen molar-refractivity contribution < 1.29 is 0 Å². The first-order chi connectivity index (χ1) is 9.10. The number of rotatable bonds is 6. The monoisotopic (exact) mass is 393 g/mol. The Morgan fingerprint density at radius 1 is 1.25 bits per heavy atom. The van der Waals surface area contributed by atoms with Crippen molar-refractivity contribution in [3.8, 4) is 0 Å². The number of aliphatic imine (C=N–C) groups is 1. The molecule has 0 spiro atoms. The average molecular weight is 393 g/mol. The van der Waals surface area contributed by atoms with Crippen LogP contribution in [-0.2, 0) is 13.5 Å². The third-order valence-electron chi connectivity index (χ3n) is 3.16. The lowest BCUT2D eigenvalue weighted by atomic mass is 10.1. The van der Waals surface area contributed by atoms with Gasteiger partial charge in [-0.05, 0) is 39.2 Å². The molecule has 0 saturated heterocycles. The van der Waals surface area contributed by atoms with Crippen LogP contribution in [0.4, 0.5) is 0 Å². The first-order valence-corrected chi connectivity index (χ1v) is 7.11. The molecular weight excluding hydrogens is 365 g/mol. The summed E-state index contributed by atoms with van der Waals surface area (Å²) in [6.45, 7) is 11.0. The molecule has 1 aromatic rings. The van der Waals surface area contributed by atoms with Crippen LogP contribution in [0.2, 0.25) is 0 Å². The molecule has 1 rings (SSSR count). The number of hydrogen-bond acceptors (Lipinski definition) is 2. The van der Waals surface area contributed by atoms with Crippen molar-refractivity contribution in [1.29, 1.82) is 0 Å². The molecule has 0 aliphatic heterocycles. The summed E-state index contributed by atoms with van der Waals surface area (Å²) >= 11 is 0. The molecule has 0 atom stereocenters. The van der Waals surface area contributed by atoms with E-state index in [9.17, 15) is 0 Å². The van der Waals surface area contributed by atoms with Gasteiger partial charge in [-0.25, -0.2) is 0 Å². The number of aromatic nitrogens is 2. The number of guanidine groups is 1. The van der Waals surface area contributed by atoms with Crippen LogP contribution < -0.4 is 10.6 Å². The van der Waals surface area contributed by atoms with E-state index in [4.69, 9.17) is 0 Å². The minimum Gasteiger partial charge on any atom is -0.357 e. The maximum absolute atomic E-state index is 4.49. The van der Waals surface area contributed by atoms with Gasteiger partial charge >= 0.3 is 0 Å². The van der Waals surface area contributed by atoms with Crippen molar-refractivity contribution >= 4 is 29.9 Å². The Morgan fingerprint density at radius 3 is 2.45 bits per heavy atom. The molecule has 0 aliphatic carbocycles. The molecule has 0 unspecified atom stereocenters. The molecule has 6 heteroatoms. The topological polar surface area (TPSA) is 54.2 Å². The van der Waals surface area contributed by atoms with Crippen molar-refractivity contribution in [2.75, 3.05) is 19.6 Å². The second-order valence-electron chi connectivity index (χ2n) is 4.71. The molecule has 2 N–H and O–H groups in total. The van der Waals surface area contributed by atoms with Crippen molar-refractivity contribution in [2.24, 2.45) is 12.0 Å². The molecule has 0 saturated carbocycles. The van der Waals surface area contributed by atoms with Crippen molar-refractivity contribution in [1.82, 2.24) is 20.4 Å². The highest BCUT2D eigenvalue weighted by Crippen LogP contribution is 2.11. The van der Waals surface area contributed by atoms with Gasteiger partial charge in [0.05, 0.1) is 5.69 Å². The van der Waals surface area contributed by atoms with Gasteiger partial charge in [0.15, 0.2) is 5.96 Å². The Labute approximate surface area is 139 Å². The van der Waals surface area contributed by atoms with E-state index in [-0.39, 0.29) is 24.0 Å². The number of nitrogens with zero attached hydrogens (tertiary/aromatic N) is 3. The Bertz CT molecular complexity index is 425. The molecular formula is C14H28IN5. The van der Waals surface area contributed by atoms with Crippen LogP contribution in [0.25, 0.3) is 0 Å². The standard InChI is InChI=1S/C14H27N5.HI/c1-6-9-16-14(15-7-2)17-10-8-13-11(3)18-19(5)12(13)4;/h6-10H2,1-5H3,(H2,15,16,17);1H. The van der Waals surface area contributed by atoms with Crippen molar-refractivity contribution in [3.05, 3.63) is 17.0 Å². The van der Waals surface area contributed by atoms with Gasteiger partial charge in [-0.15, -0.1) is 24.0 Å². The van der Waals surface area contributed by atoms with Crippen LogP contribution >= 0.6 is 24.0 Å². The zero-order valence-corrected chi connectivity index (χ0v) is 15.6. The van der Waals surface area contributed by atoms with Gasteiger partial charge in [-0.3, -0.25) is 9.67 Å². The molecule has 116 valence electrons. The van der Waals surface area contributed by atoms with E-state index in [2.05, 4.69) is 48.4 Å². The Hall–Kier alpha value is -0.790. The Kier molecular flexibility index (Phi) is 9.62. The molecule has 0 bridgehead atoms. The SMILES string of the molecule is CCCN=C(NCC)NCCc1c(C)nn(C)c1C.I. The van der Waals surface area contributed by atoms with Gasteiger partial charge in [-0.2, -0.15) is 5.10 Å². The third-order valence-corrected chi connectivity index (χ3v) is 3.16. The summed E-state index contributed by atoms with van der Waals surface area (Å²) in [5.41, 5.74) is 3.70. The van der Waals surface area contributed by atoms with E-state index in [0.717, 1.165) is 44.1 Å². The van der Waals surface area contributed by atoms with E-state index in [1.54, 1.807) is 0 Å². The van der Waals surface area contributed by atoms with E-state index >= 15 is 0 Å². The molecule has 0 fully saturated rings. The quantitative estimate of drug-likeness (QED) is 0.443. The number of halogens is 1. The van der Waals surface area contributed by atoms with Crippen molar-refractivity contribution in [2.45, 2.75) is 40.5 Å². The minimum atomic E-state index is 0. The van der Waals surface area contributed by atoms with Gasteiger partial charge in [0.1, 0.15) is 0 Å². The summed E-state index contributed by atoms with van der Waals surface area (Å²) in [6.07, 6.45) is 2.04. The molecule has 1 heterocycles. The molecule has 5 nitrogen and oxygen atoms in total. The zero-order valence-electron chi connectivity index (χ0n) is 13.3. The fraction of sp³-hybridized carbons (Fsp3) is 0.714. The second-order valence-corrected chi connectivity index (χ2v) is 4.71. The highest BCUT2D eigenvalue weighted by atomic mass is 127. The second kappa shape index (κ2) is 10.0. The summed E-state index contributed by atoms with van der Waals surface area (Å²) in [6, 6.07) is 0. The minimum absolute atomic E-state index is 0. The summed E-state index contributed by atoms with van der Waals surface area (Å²) in [7, 11) is 1.99. The molecule has 0 aromatic carbocycles. The summed E-state index contributed by atoms with van der Waals surface area (Å²) in [4.78, 5) is 4.49. The summed E-state index contributed by atoms with van der Waals surface area (Å²) in [5.74, 6) is 0.906. The van der Waals surface area contributed by atoms with Crippen molar-refractivity contribution in [3.63, 3.8) is 0 Å². The van der Waals surface area contributed by atoms with Crippen LogP contribution in [0.15, 0.2) is 4.99 Å². The van der Waals surface area contributed by atoms with Gasteiger partial charge in [-0.1, -0.05) is 6.92 Å². The first kappa shape index (κ1) is 19.2.